The van der Waals surface area contributed by atoms with E-state index in [0.717, 1.165) is 12.8 Å². The molecule has 2 N–H and O–H groups in total. The Bertz CT molecular complexity index is 406. The van der Waals surface area contributed by atoms with E-state index >= 15 is 0 Å². The Kier molecular flexibility index (Phi) is 6.21. The van der Waals surface area contributed by atoms with Crippen molar-refractivity contribution in [3.63, 3.8) is 0 Å². The lowest BCUT2D eigenvalue weighted by Gasteiger charge is -2.09. The number of anilines is 1. The van der Waals surface area contributed by atoms with Crippen molar-refractivity contribution >= 4 is 21.6 Å². The summed E-state index contributed by atoms with van der Waals surface area (Å²) in [5.74, 6) is 0. The van der Waals surface area contributed by atoms with Crippen LogP contribution in [0.25, 0.3) is 0 Å². The number of hydrogen-bond acceptors (Lipinski definition) is 4. The first kappa shape index (κ1) is 14.2. The van der Waals surface area contributed by atoms with Gasteiger partial charge in [-0.05, 0) is 28.8 Å². The Morgan fingerprint density at radius 2 is 2.29 bits per heavy atom. The average molecular weight is 304 g/mol. The standard InChI is InChI=1S/C11H18BrN3O2/c1-2-3-6-15-11(17)10(12)9(8-14-15)13-5-4-7-16/h8,13,16H,2-7H2,1H3. The lowest BCUT2D eigenvalue weighted by Crippen LogP contribution is -2.24. The highest BCUT2D eigenvalue weighted by atomic mass is 79.9. The molecular weight excluding hydrogens is 286 g/mol. The lowest BCUT2D eigenvalue weighted by molar-refractivity contribution is 0.292. The summed E-state index contributed by atoms with van der Waals surface area (Å²) >= 11 is 3.28. The van der Waals surface area contributed by atoms with Crippen LogP contribution in [0.3, 0.4) is 0 Å². The van der Waals surface area contributed by atoms with E-state index in [1.54, 1.807) is 6.20 Å². The fourth-order valence-corrected chi connectivity index (χ4v) is 1.80. The zero-order valence-electron chi connectivity index (χ0n) is 9.95. The van der Waals surface area contributed by atoms with Crippen LogP contribution in [0.4, 0.5) is 5.69 Å². The average Bonchev–Trinajstić information content (AvgIpc) is 2.34. The van der Waals surface area contributed by atoms with E-state index in [2.05, 4.69) is 33.3 Å². The Morgan fingerprint density at radius 1 is 1.53 bits per heavy atom. The predicted octanol–water partition coefficient (Wildman–Crippen LogP) is 1.60. The monoisotopic (exact) mass is 303 g/mol. The molecule has 0 aliphatic rings. The molecule has 17 heavy (non-hydrogen) atoms. The van der Waals surface area contributed by atoms with Crippen LogP contribution in [0.5, 0.6) is 0 Å². The van der Waals surface area contributed by atoms with Gasteiger partial charge < -0.3 is 10.4 Å². The van der Waals surface area contributed by atoms with E-state index in [4.69, 9.17) is 5.11 Å². The van der Waals surface area contributed by atoms with Crippen LogP contribution < -0.4 is 10.9 Å². The van der Waals surface area contributed by atoms with Gasteiger partial charge in [0.15, 0.2) is 0 Å². The van der Waals surface area contributed by atoms with Crippen LogP contribution >= 0.6 is 15.9 Å². The topological polar surface area (TPSA) is 67.2 Å². The number of aromatic nitrogens is 2. The third kappa shape index (κ3) is 4.12. The number of aliphatic hydroxyl groups excluding tert-OH is 1. The minimum absolute atomic E-state index is 0.118. The van der Waals surface area contributed by atoms with Crippen molar-refractivity contribution in [1.29, 1.82) is 0 Å². The molecule has 0 aliphatic carbocycles. The molecule has 1 aromatic heterocycles. The quantitative estimate of drug-likeness (QED) is 0.751. The molecule has 6 heteroatoms. The highest BCUT2D eigenvalue weighted by molar-refractivity contribution is 9.10. The second kappa shape index (κ2) is 7.45. The zero-order chi connectivity index (χ0) is 12.7. The zero-order valence-corrected chi connectivity index (χ0v) is 11.5. The molecule has 0 atom stereocenters. The summed E-state index contributed by atoms with van der Waals surface area (Å²) in [6.07, 6.45) is 4.25. The smallest absolute Gasteiger partial charge is 0.283 e. The summed E-state index contributed by atoms with van der Waals surface area (Å²) in [6.45, 7) is 3.47. The molecule has 0 fully saturated rings. The maximum Gasteiger partial charge on any atom is 0.283 e. The van der Waals surface area contributed by atoms with E-state index in [0.29, 0.717) is 29.7 Å². The lowest BCUT2D eigenvalue weighted by atomic mass is 10.3. The van der Waals surface area contributed by atoms with E-state index < -0.39 is 0 Å². The number of unbranched alkanes of at least 4 members (excludes halogenated alkanes) is 1. The Labute approximate surface area is 109 Å². The van der Waals surface area contributed by atoms with Crippen molar-refractivity contribution in [2.24, 2.45) is 0 Å². The number of nitrogens with zero attached hydrogens (tertiary/aromatic N) is 2. The number of halogens is 1. The van der Waals surface area contributed by atoms with Gasteiger partial charge in [-0.15, -0.1) is 0 Å². The summed E-state index contributed by atoms with van der Waals surface area (Å²) in [7, 11) is 0. The first-order valence-corrected chi connectivity index (χ1v) is 6.60. The number of aryl methyl sites for hydroxylation is 1. The number of rotatable bonds is 7. The fraction of sp³-hybridized carbons (Fsp3) is 0.636. The van der Waals surface area contributed by atoms with Crippen LogP contribution in [0.15, 0.2) is 15.5 Å². The molecule has 0 aliphatic heterocycles. The second-order valence-corrected chi connectivity index (χ2v) is 4.55. The molecule has 0 radical (unpaired) electrons. The largest absolute Gasteiger partial charge is 0.396 e. The molecule has 0 amide bonds. The van der Waals surface area contributed by atoms with Crippen LogP contribution in [-0.4, -0.2) is 28.0 Å². The molecule has 0 aromatic carbocycles. The summed E-state index contributed by atoms with van der Waals surface area (Å²) in [5, 5.41) is 15.8. The van der Waals surface area contributed by atoms with Crippen molar-refractivity contribution in [2.75, 3.05) is 18.5 Å². The van der Waals surface area contributed by atoms with Gasteiger partial charge in [-0.25, -0.2) is 4.68 Å². The summed E-state index contributed by atoms with van der Waals surface area (Å²) in [6, 6.07) is 0. The van der Waals surface area contributed by atoms with Crippen LogP contribution in [0.1, 0.15) is 26.2 Å². The van der Waals surface area contributed by atoms with Gasteiger partial charge in [0.05, 0.1) is 11.9 Å². The molecule has 96 valence electrons. The van der Waals surface area contributed by atoms with Crippen LogP contribution in [0, 0.1) is 0 Å². The minimum atomic E-state index is -0.118. The first-order chi connectivity index (χ1) is 8.20. The molecular formula is C11H18BrN3O2. The van der Waals surface area contributed by atoms with Gasteiger partial charge in [0.1, 0.15) is 4.47 Å². The highest BCUT2D eigenvalue weighted by Gasteiger charge is 2.07. The first-order valence-electron chi connectivity index (χ1n) is 5.81. The van der Waals surface area contributed by atoms with Gasteiger partial charge in [0.2, 0.25) is 0 Å². The normalized spacial score (nSPS) is 10.5. The molecule has 1 heterocycles. The summed E-state index contributed by atoms with van der Waals surface area (Å²) < 4.78 is 1.96. The number of nitrogens with one attached hydrogen (secondary N) is 1. The predicted molar refractivity (Wildman–Crippen MR) is 71.3 cm³/mol. The fourth-order valence-electron chi connectivity index (χ4n) is 1.36. The Hall–Kier alpha value is -0.880. The van der Waals surface area contributed by atoms with Gasteiger partial charge in [0, 0.05) is 19.7 Å². The number of hydrogen-bond donors (Lipinski definition) is 2. The minimum Gasteiger partial charge on any atom is -0.396 e. The van der Waals surface area contributed by atoms with E-state index in [1.807, 2.05) is 0 Å². The number of aliphatic hydroxyl groups is 1. The summed E-state index contributed by atoms with van der Waals surface area (Å²) in [5.41, 5.74) is 0.559. The van der Waals surface area contributed by atoms with Crippen molar-refractivity contribution in [3.8, 4) is 0 Å². The highest BCUT2D eigenvalue weighted by Crippen LogP contribution is 2.15. The third-order valence-corrected chi connectivity index (χ3v) is 3.13. The van der Waals surface area contributed by atoms with E-state index in [9.17, 15) is 4.79 Å². The van der Waals surface area contributed by atoms with E-state index in [-0.39, 0.29) is 12.2 Å². The van der Waals surface area contributed by atoms with Gasteiger partial charge in [-0.2, -0.15) is 5.10 Å². The van der Waals surface area contributed by atoms with Crippen molar-refractivity contribution < 1.29 is 5.11 Å². The summed E-state index contributed by atoms with van der Waals surface area (Å²) in [4.78, 5) is 11.9. The molecule has 0 saturated carbocycles. The van der Waals surface area contributed by atoms with Crippen LogP contribution in [0.2, 0.25) is 0 Å². The van der Waals surface area contributed by atoms with Gasteiger partial charge >= 0.3 is 0 Å². The molecule has 0 spiro atoms. The van der Waals surface area contributed by atoms with Crippen molar-refractivity contribution in [2.45, 2.75) is 32.7 Å². The SMILES string of the molecule is CCCCn1ncc(NCCCO)c(Br)c1=O. The van der Waals surface area contributed by atoms with Crippen molar-refractivity contribution in [3.05, 3.63) is 21.0 Å². The molecule has 0 unspecified atom stereocenters. The molecule has 1 rings (SSSR count). The van der Waals surface area contributed by atoms with Gasteiger partial charge in [-0.3, -0.25) is 4.79 Å². The molecule has 0 saturated heterocycles. The Balaban J connectivity index is 2.76. The maximum absolute atomic E-state index is 11.9. The van der Waals surface area contributed by atoms with E-state index in [1.165, 1.54) is 4.68 Å². The van der Waals surface area contributed by atoms with Crippen LogP contribution in [-0.2, 0) is 6.54 Å². The van der Waals surface area contributed by atoms with Crippen molar-refractivity contribution in [1.82, 2.24) is 9.78 Å². The second-order valence-electron chi connectivity index (χ2n) is 3.76. The third-order valence-electron chi connectivity index (χ3n) is 2.36. The molecule has 0 bridgehead atoms. The van der Waals surface area contributed by atoms with Gasteiger partial charge in [0.25, 0.3) is 5.56 Å². The molecule has 1 aromatic rings. The Morgan fingerprint density at radius 3 is 2.94 bits per heavy atom. The van der Waals surface area contributed by atoms with Gasteiger partial charge in [-0.1, -0.05) is 13.3 Å². The molecule has 5 nitrogen and oxygen atoms in total. The maximum atomic E-state index is 11.9.